The molecule has 1 rings (SSSR count). The molecule has 0 fully saturated rings. The molecular formula is C15H23NO. The highest BCUT2D eigenvalue weighted by Gasteiger charge is 2.05. The molecule has 0 heterocycles. The quantitative estimate of drug-likeness (QED) is 0.575. The maximum atomic E-state index is 5.81. The Hall–Kier alpha value is -1.28. The maximum Gasteiger partial charge on any atom is 0.127 e. The number of rotatable bonds is 7. The first-order valence-corrected chi connectivity index (χ1v) is 6.32. The largest absolute Gasteiger partial charge is 0.489 e. The van der Waals surface area contributed by atoms with E-state index in [1.165, 1.54) is 11.1 Å². The van der Waals surface area contributed by atoms with Gasteiger partial charge in [-0.05, 0) is 32.4 Å². The number of benzene rings is 1. The zero-order valence-electron chi connectivity index (χ0n) is 11.1. The van der Waals surface area contributed by atoms with E-state index in [0.29, 0.717) is 6.61 Å². The highest BCUT2D eigenvalue weighted by atomic mass is 16.5. The Morgan fingerprint density at radius 1 is 1.35 bits per heavy atom. The molecule has 0 spiro atoms. The van der Waals surface area contributed by atoms with Crippen molar-refractivity contribution in [3.05, 3.63) is 41.5 Å². The second kappa shape index (κ2) is 7.91. The Bertz CT molecular complexity index is 358. The summed E-state index contributed by atoms with van der Waals surface area (Å²) in [6.45, 7) is 8.83. The van der Waals surface area contributed by atoms with Crippen molar-refractivity contribution in [3.63, 3.8) is 0 Å². The van der Waals surface area contributed by atoms with Crippen LogP contribution in [-0.4, -0.2) is 13.2 Å². The molecule has 0 aromatic heterocycles. The predicted octanol–water partition coefficient (Wildman–Crippen LogP) is 3.45. The van der Waals surface area contributed by atoms with Crippen molar-refractivity contribution < 1.29 is 4.74 Å². The van der Waals surface area contributed by atoms with Gasteiger partial charge in [0.25, 0.3) is 0 Å². The lowest BCUT2D eigenvalue weighted by atomic mass is 10.1. The summed E-state index contributed by atoms with van der Waals surface area (Å²) in [4.78, 5) is 0. The van der Waals surface area contributed by atoms with Crippen LogP contribution in [0, 0.1) is 6.92 Å². The van der Waals surface area contributed by atoms with Crippen molar-refractivity contribution in [2.45, 2.75) is 33.7 Å². The molecule has 0 saturated heterocycles. The smallest absolute Gasteiger partial charge is 0.127 e. The van der Waals surface area contributed by atoms with Gasteiger partial charge in [-0.25, -0.2) is 0 Å². The fourth-order valence-corrected chi connectivity index (χ4v) is 1.69. The van der Waals surface area contributed by atoms with E-state index >= 15 is 0 Å². The molecule has 0 aliphatic rings. The number of para-hydroxylation sites is 1. The number of ether oxygens (including phenoxy) is 1. The van der Waals surface area contributed by atoms with Crippen molar-refractivity contribution >= 4 is 0 Å². The Balaban J connectivity index is 2.69. The van der Waals surface area contributed by atoms with E-state index in [1.807, 2.05) is 19.1 Å². The van der Waals surface area contributed by atoms with Crippen molar-refractivity contribution in [2.24, 2.45) is 0 Å². The van der Waals surface area contributed by atoms with Crippen LogP contribution in [0.15, 0.2) is 30.4 Å². The highest BCUT2D eigenvalue weighted by molar-refractivity contribution is 5.40. The molecule has 0 aliphatic carbocycles. The highest BCUT2D eigenvalue weighted by Crippen LogP contribution is 2.23. The standard InChI is InChI=1S/C15H23NO/c1-4-6-11-17-15-13(3)8-7-9-14(15)12-16-10-5-2/h4,6-9,16H,5,10-12H2,1-3H3/b6-4+. The van der Waals surface area contributed by atoms with Crippen LogP contribution in [-0.2, 0) is 6.54 Å². The van der Waals surface area contributed by atoms with Gasteiger partial charge in [-0.15, -0.1) is 0 Å². The summed E-state index contributed by atoms with van der Waals surface area (Å²) in [5, 5.41) is 3.41. The van der Waals surface area contributed by atoms with Gasteiger partial charge in [-0.1, -0.05) is 37.3 Å². The third kappa shape index (κ3) is 4.61. The number of aryl methyl sites for hydroxylation is 1. The summed E-state index contributed by atoms with van der Waals surface area (Å²) < 4.78 is 5.81. The third-order valence-electron chi connectivity index (χ3n) is 2.60. The third-order valence-corrected chi connectivity index (χ3v) is 2.60. The van der Waals surface area contributed by atoms with E-state index in [-0.39, 0.29) is 0 Å². The molecule has 17 heavy (non-hydrogen) atoms. The fraction of sp³-hybridized carbons (Fsp3) is 0.467. The molecule has 0 aliphatic heterocycles. The van der Waals surface area contributed by atoms with E-state index in [2.05, 4.69) is 37.4 Å². The summed E-state index contributed by atoms with van der Waals surface area (Å²) in [6, 6.07) is 6.30. The summed E-state index contributed by atoms with van der Waals surface area (Å²) in [5.74, 6) is 1.02. The van der Waals surface area contributed by atoms with Gasteiger partial charge in [0.2, 0.25) is 0 Å². The minimum absolute atomic E-state index is 0.641. The van der Waals surface area contributed by atoms with E-state index < -0.39 is 0 Å². The minimum Gasteiger partial charge on any atom is -0.489 e. The van der Waals surface area contributed by atoms with Gasteiger partial charge < -0.3 is 10.1 Å². The van der Waals surface area contributed by atoms with E-state index in [0.717, 1.165) is 25.3 Å². The predicted molar refractivity (Wildman–Crippen MR) is 73.5 cm³/mol. The van der Waals surface area contributed by atoms with Crippen LogP contribution in [0.25, 0.3) is 0 Å². The molecule has 0 radical (unpaired) electrons. The van der Waals surface area contributed by atoms with Gasteiger partial charge in [0.1, 0.15) is 12.4 Å². The van der Waals surface area contributed by atoms with Crippen molar-refractivity contribution in [2.75, 3.05) is 13.2 Å². The Morgan fingerprint density at radius 2 is 2.18 bits per heavy atom. The summed E-state index contributed by atoms with van der Waals surface area (Å²) in [6.07, 6.45) is 5.18. The first kappa shape index (κ1) is 13.8. The number of hydrogen-bond donors (Lipinski definition) is 1. The molecule has 0 atom stereocenters. The number of hydrogen-bond acceptors (Lipinski definition) is 2. The normalized spacial score (nSPS) is 11.0. The minimum atomic E-state index is 0.641. The Labute approximate surface area is 105 Å². The zero-order chi connectivity index (χ0) is 12.5. The van der Waals surface area contributed by atoms with Gasteiger partial charge in [-0.2, -0.15) is 0 Å². The van der Waals surface area contributed by atoms with Crippen LogP contribution >= 0.6 is 0 Å². The average Bonchev–Trinajstić information content (AvgIpc) is 2.33. The molecule has 0 bridgehead atoms. The summed E-state index contributed by atoms with van der Waals surface area (Å²) >= 11 is 0. The van der Waals surface area contributed by atoms with Gasteiger partial charge >= 0.3 is 0 Å². The van der Waals surface area contributed by atoms with Gasteiger partial charge in [0.05, 0.1) is 0 Å². The molecule has 2 nitrogen and oxygen atoms in total. The van der Waals surface area contributed by atoms with Gasteiger partial charge in [0.15, 0.2) is 0 Å². The monoisotopic (exact) mass is 233 g/mol. The van der Waals surface area contributed by atoms with Crippen LogP contribution in [0.2, 0.25) is 0 Å². The molecule has 2 heteroatoms. The lowest BCUT2D eigenvalue weighted by molar-refractivity contribution is 0.355. The number of nitrogens with one attached hydrogen (secondary N) is 1. The maximum absolute atomic E-state index is 5.81. The second-order valence-corrected chi connectivity index (χ2v) is 4.12. The molecule has 0 amide bonds. The average molecular weight is 233 g/mol. The molecule has 1 aromatic rings. The van der Waals surface area contributed by atoms with Gasteiger partial charge in [-0.3, -0.25) is 0 Å². The van der Waals surface area contributed by atoms with Crippen molar-refractivity contribution in [1.82, 2.24) is 5.32 Å². The number of allylic oxidation sites excluding steroid dienone is 1. The van der Waals surface area contributed by atoms with Crippen LogP contribution in [0.5, 0.6) is 5.75 Å². The van der Waals surface area contributed by atoms with E-state index in [4.69, 9.17) is 4.74 Å². The molecule has 0 unspecified atom stereocenters. The van der Waals surface area contributed by atoms with Crippen LogP contribution in [0.3, 0.4) is 0 Å². The van der Waals surface area contributed by atoms with Crippen molar-refractivity contribution in [1.29, 1.82) is 0 Å². The van der Waals surface area contributed by atoms with Crippen LogP contribution in [0.4, 0.5) is 0 Å². The van der Waals surface area contributed by atoms with E-state index in [1.54, 1.807) is 0 Å². The molecule has 1 aromatic carbocycles. The fourth-order valence-electron chi connectivity index (χ4n) is 1.69. The van der Waals surface area contributed by atoms with Crippen LogP contribution in [0.1, 0.15) is 31.4 Å². The summed E-state index contributed by atoms with van der Waals surface area (Å²) in [7, 11) is 0. The van der Waals surface area contributed by atoms with Crippen molar-refractivity contribution in [3.8, 4) is 5.75 Å². The summed E-state index contributed by atoms with van der Waals surface area (Å²) in [5.41, 5.74) is 2.44. The van der Waals surface area contributed by atoms with E-state index in [9.17, 15) is 0 Å². The SMILES string of the molecule is C/C=C/COc1c(C)cccc1CNCCC. The lowest BCUT2D eigenvalue weighted by Crippen LogP contribution is -2.15. The first-order valence-electron chi connectivity index (χ1n) is 6.32. The second-order valence-electron chi connectivity index (χ2n) is 4.12. The van der Waals surface area contributed by atoms with Gasteiger partial charge in [0, 0.05) is 12.1 Å². The molecule has 0 saturated carbocycles. The molecular weight excluding hydrogens is 210 g/mol. The molecule has 94 valence electrons. The van der Waals surface area contributed by atoms with Crippen LogP contribution < -0.4 is 10.1 Å². The Morgan fingerprint density at radius 3 is 2.88 bits per heavy atom. The zero-order valence-corrected chi connectivity index (χ0v) is 11.1. The lowest BCUT2D eigenvalue weighted by Gasteiger charge is -2.13. The molecule has 1 N–H and O–H groups in total. The topological polar surface area (TPSA) is 21.3 Å². The Kier molecular flexibility index (Phi) is 6.41. The first-order chi connectivity index (χ1) is 8.29.